The molecule has 2 saturated carbocycles. The van der Waals surface area contributed by atoms with Crippen LogP contribution in [0.5, 0.6) is 0 Å². The first-order valence-electron chi connectivity index (χ1n) is 7.75. The fourth-order valence-corrected chi connectivity index (χ4v) is 3.48. The number of fused-ring (bicyclic) bond motifs is 1. The van der Waals surface area contributed by atoms with E-state index in [-0.39, 0.29) is 5.54 Å². The Morgan fingerprint density at radius 1 is 1.29 bits per heavy atom. The molecule has 4 heteroatoms. The Balaban J connectivity index is 2.01. The highest BCUT2D eigenvalue weighted by Gasteiger charge is 2.43. The Kier molecular flexibility index (Phi) is 2.51. The number of imidazole rings is 1. The van der Waals surface area contributed by atoms with E-state index in [1.807, 2.05) is 12.1 Å². The quantitative estimate of drug-likeness (QED) is 0.930. The number of hydrogen-bond donors (Lipinski definition) is 1. The van der Waals surface area contributed by atoms with Crippen LogP contribution in [0.3, 0.4) is 0 Å². The molecule has 0 saturated heterocycles. The lowest BCUT2D eigenvalue weighted by atomic mass is 9.97. The third kappa shape index (κ3) is 1.88. The Hall–Kier alpha value is -1.84. The summed E-state index contributed by atoms with van der Waals surface area (Å²) in [6, 6.07) is 5.51. The van der Waals surface area contributed by atoms with E-state index in [4.69, 9.17) is 4.98 Å². The van der Waals surface area contributed by atoms with E-state index >= 15 is 0 Å². The van der Waals surface area contributed by atoms with Crippen molar-refractivity contribution in [3.8, 4) is 0 Å². The number of carbonyl (C=O) groups is 1. The lowest BCUT2D eigenvalue weighted by Crippen LogP contribution is -2.30. The number of aromatic carboxylic acids is 1. The lowest BCUT2D eigenvalue weighted by Gasteiger charge is -2.29. The summed E-state index contributed by atoms with van der Waals surface area (Å²) in [7, 11) is 0. The second-order valence-electron chi connectivity index (χ2n) is 6.99. The summed E-state index contributed by atoms with van der Waals surface area (Å²) >= 11 is 0. The van der Waals surface area contributed by atoms with Crippen LogP contribution >= 0.6 is 0 Å². The molecule has 0 atom stereocenters. The van der Waals surface area contributed by atoms with Gasteiger partial charge in [-0.2, -0.15) is 0 Å². The minimum Gasteiger partial charge on any atom is -0.478 e. The van der Waals surface area contributed by atoms with Gasteiger partial charge in [-0.1, -0.05) is 6.07 Å². The Bertz CT molecular complexity index is 737. The maximum atomic E-state index is 11.5. The summed E-state index contributed by atoms with van der Waals surface area (Å²) in [5, 5.41) is 9.41. The summed E-state index contributed by atoms with van der Waals surface area (Å²) in [4.78, 5) is 16.2. The van der Waals surface area contributed by atoms with E-state index in [9.17, 15) is 9.90 Å². The molecule has 21 heavy (non-hydrogen) atoms. The third-order valence-corrected chi connectivity index (χ3v) is 5.04. The van der Waals surface area contributed by atoms with E-state index in [2.05, 4.69) is 18.4 Å². The molecule has 0 unspecified atom stereocenters. The van der Waals surface area contributed by atoms with Crippen LogP contribution in [0.2, 0.25) is 0 Å². The number of carboxylic acids is 1. The highest BCUT2D eigenvalue weighted by Crippen LogP contribution is 2.49. The van der Waals surface area contributed by atoms with E-state index in [1.54, 1.807) is 6.07 Å². The standard InChI is InChI=1S/C17H20N2O2/c1-17(2,11-8-9-11)19-13-5-3-4-12(16(20)21)14(13)18-15(19)10-6-7-10/h3-5,10-11H,6-9H2,1-2H3,(H,20,21). The molecule has 1 N–H and O–H groups in total. The van der Waals surface area contributed by atoms with Crippen LogP contribution in [0.15, 0.2) is 18.2 Å². The Morgan fingerprint density at radius 2 is 2.00 bits per heavy atom. The van der Waals surface area contributed by atoms with Crippen LogP contribution in [-0.4, -0.2) is 20.6 Å². The number of benzene rings is 1. The van der Waals surface area contributed by atoms with Crippen LogP contribution in [0.25, 0.3) is 11.0 Å². The average Bonchev–Trinajstić information content (AvgIpc) is 3.32. The zero-order chi connectivity index (χ0) is 14.8. The van der Waals surface area contributed by atoms with Crippen molar-refractivity contribution in [2.24, 2.45) is 5.92 Å². The zero-order valence-electron chi connectivity index (χ0n) is 12.5. The SMILES string of the molecule is CC(C)(C1CC1)n1c(C2CC2)nc2c(C(=O)O)cccc21. The molecule has 1 aromatic carbocycles. The highest BCUT2D eigenvalue weighted by atomic mass is 16.4. The number of hydrogen-bond acceptors (Lipinski definition) is 2. The molecule has 0 aliphatic heterocycles. The highest BCUT2D eigenvalue weighted by molar-refractivity contribution is 6.01. The van der Waals surface area contributed by atoms with Crippen LogP contribution in [-0.2, 0) is 5.54 Å². The number of aromatic nitrogens is 2. The van der Waals surface area contributed by atoms with E-state index in [1.165, 1.54) is 25.7 Å². The Morgan fingerprint density at radius 3 is 2.57 bits per heavy atom. The molecular weight excluding hydrogens is 264 g/mol. The molecule has 110 valence electrons. The molecule has 2 aliphatic rings. The van der Waals surface area contributed by atoms with Crippen LogP contribution in [0.1, 0.15) is 61.6 Å². The molecule has 0 bridgehead atoms. The first kappa shape index (κ1) is 12.9. The van der Waals surface area contributed by atoms with Crippen molar-refractivity contribution >= 4 is 17.0 Å². The van der Waals surface area contributed by atoms with Crippen molar-refractivity contribution < 1.29 is 9.90 Å². The van der Waals surface area contributed by atoms with Gasteiger partial charge in [0, 0.05) is 11.5 Å². The van der Waals surface area contributed by atoms with Gasteiger partial charge in [0.15, 0.2) is 0 Å². The van der Waals surface area contributed by atoms with Gasteiger partial charge in [0.1, 0.15) is 11.3 Å². The summed E-state index contributed by atoms with van der Waals surface area (Å²) < 4.78 is 2.34. The second-order valence-corrected chi connectivity index (χ2v) is 6.99. The van der Waals surface area contributed by atoms with Crippen LogP contribution < -0.4 is 0 Å². The summed E-state index contributed by atoms with van der Waals surface area (Å²) in [5.41, 5.74) is 1.97. The summed E-state index contributed by atoms with van der Waals surface area (Å²) in [6.45, 7) is 4.54. The van der Waals surface area contributed by atoms with Gasteiger partial charge in [0.05, 0.1) is 11.1 Å². The molecule has 2 aliphatic carbocycles. The maximum absolute atomic E-state index is 11.5. The van der Waals surface area contributed by atoms with Gasteiger partial charge < -0.3 is 9.67 Å². The van der Waals surface area contributed by atoms with Crippen molar-refractivity contribution in [2.75, 3.05) is 0 Å². The van der Waals surface area contributed by atoms with Gasteiger partial charge in [-0.25, -0.2) is 9.78 Å². The van der Waals surface area contributed by atoms with Crippen molar-refractivity contribution in [3.63, 3.8) is 0 Å². The van der Waals surface area contributed by atoms with E-state index < -0.39 is 5.97 Å². The average molecular weight is 284 g/mol. The van der Waals surface area contributed by atoms with Gasteiger partial charge in [0.2, 0.25) is 0 Å². The normalized spacial score (nSPS) is 19.1. The van der Waals surface area contributed by atoms with Crippen LogP contribution in [0.4, 0.5) is 0 Å². The molecular formula is C17H20N2O2. The molecule has 0 spiro atoms. The first-order valence-corrected chi connectivity index (χ1v) is 7.75. The van der Waals surface area contributed by atoms with Crippen molar-refractivity contribution in [1.29, 1.82) is 0 Å². The minimum absolute atomic E-state index is 0.0177. The molecule has 4 rings (SSSR count). The third-order valence-electron chi connectivity index (χ3n) is 5.04. The fourth-order valence-electron chi connectivity index (χ4n) is 3.48. The fraction of sp³-hybridized carbons (Fsp3) is 0.529. The van der Waals surface area contributed by atoms with Crippen LogP contribution in [0, 0.1) is 5.92 Å². The largest absolute Gasteiger partial charge is 0.478 e. The molecule has 1 heterocycles. The minimum atomic E-state index is -0.892. The van der Waals surface area contributed by atoms with Gasteiger partial charge >= 0.3 is 5.97 Å². The molecule has 2 fully saturated rings. The lowest BCUT2D eigenvalue weighted by molar-refractivity contribution is 0.0699. The number of rotatable bonds is 4. The van der Waals surface area contributed by atoms with E-state index in [0.29, 0.717) is 22.9 Å². The summed E-state index contributed by atoms with van der Waals surface area (Å²) in [5.74, 6) is 1.39. The van der Waals surface area contributed by atoms with Gasteiger partial charge in [0.25, 0.3) is 0 Å². The number of nitrogens with zero attached hydrogens (tertiary/aromatic N) is 2. The van der Waals surface area contributed by atoms with Gasteiger partial charge in [-0.05, 0) is 57.6 Å². The van der Waals surface area contributed by atoms with Crippen molar-refractivity contribution in [2.45, 2.75) is 51.0 Å². The number of carboxylic acid groups (broad SMARTS) is 1. The van der Waals surface area contributed by atoms with Gasteiger partial charge in [-0.15, -0.1) is 0 Å². The molecule has 0 radical (unpaired) electrons. The van der Waals surface area contributed by atoms with Crippen molar-refractivity contribution in [3.05, 3.63) is 29.6 Å². The molecule has 1 aromatic heterocycles. The predicted octanol–water partition coefficient (Wildman–Crippen LogP) is 3.76. The van der Waals surface area contributed by atoms with Gasteiger partial charge in [-0.3, -0.25) is 0 Å². The summed E-state index contributed by atoms with van der Waals surface area (Å²) in [6.07, 6.45) is 4.86. The first-order chi connectivity index (χ1) is 10.00. The zero-order valence-corrected chi connectivity index (χ0v) is 12.5. The predicted molar refractivity (Wildman–Crippen MR) is 80.7 cm³/mol. The molecule has 2 aromatic rings. The topological polar surface area (TPSA) is 55.1 Å². The molecule has 0 amide bonds. The second kappa shape index (κ2) is 4.09. The van der Waals surface area contributed by atoms with E-state index in [0.717, 1.165) is 11.3 Å². The maximum Gasteiger partial charge on any atom is 0.337 e. The number of para-hydroxylation sites is 1. The van der Waals surface area contributed by atoms with Crippen molar-refractivity contribution in [1.82, 2.24) is 9.55 Å². The molecule has 4 nitrogen and oxygen atoms in total. The monoisotopic (exact) mass is 284 g/mol. The Labute approximate surface area is 123 Å². The smallest absolute Gasteiger partial charge is 0.337 e.